The molecule has 1 amide bonds. The number of nitrogens with two attached hydrogens (primary N) is 1. The van der Waals surface area contributed by atoms with E-state index in [9.17, 15) is 4.79 Å². The van der Waals surface area contributed by atoms with Gasteiger partial charge in [-0.05, 0) is 37.9 Å². The molecule has 0 aliphatic rings. The molecule has 2 rings (SSSR count). The van der Waals surface area contributed by atoms with Crippen LogP contribution in [-0.4, -0.2) is 22.6 Å². The van der Waals surface area contributed by atoms with Gasteiger partial charge in [0.2, 0.25) is 17.7 Å². The number of carbonyl (C=O) groups excluding carboxylic acids is 1. The molecule has 2 aromatic rings. The van der Waals surface area contributed by atoms with Crippen LogP contribution in [0.5, 0.6) is 0 Å². The molecule has 0 aliphatic carbocycles. The average molecular weight is 288 g/mol. The Morgan fingerprint density at radius 2 is 2.05 bits per heavy atom. The van der Waals surface area contributed by atoms with E-state index in [0.717, 1.165) is 24.8 Å². The summed E-state index contributed by atoms with van der Waals surface area (Å²) >= 11 is 0. The first-order chi connectivity index (χ1) is 10.2. The largest absolute Gasteiger partial charge is 0.418 e. The SMILES string of the molecule is CC(=O)NC(CCCCN)c1nnc(-c2ccccc2)o1. The molecule has 1 aromatic carbocycles. The highest BCUT2D eigenvalue weighted by Crippen LogP contribution is 2.23. The first-order valence-corrected chi connectivity index (χ1v) is 7.06. The van der Waals surface area contributed by atoms with Gasteiger partial charge in [0.15, 0.2) is 0 Å². The summed E-state index contributed by atoms with van der Waals surface area (Å²) in [5.74, 6) is 0.771. The highest BCUT2D eigenvalue weighted by Gasteiger charge is 2.19. The smallest absolute Gasteiger partial charge is 0.247 e. The summed E-state index contributed by atoms with van der Waals surface area (Å²) in [5.41, 5.74) is 6.36. The molecule has 0 saturated heterocycles. The van der Waals surface area contributed by atoms with Crippen molar-refractivity contribution in [3.8, 4) is 11.5 Å². The number of nitrogens with zero attached hydrogens (tertiary/aromatic N) is 2. The van der Waals surface area contributed by atoms with E-state index in [0.29, 0.717) is 18.3 Å². The van der Waals surface area contributed by atoms with Crippen LogP contribution in [0.25, 0.3) is 11.5 Å². The maximum absolute atomic E-state index is 11.3. The molecule has 0 bridgehead atoms. The highest BCUT2D eigenvalue weighted by molar-refractivity contribution is 5.73. The lowest BCUT2D eigenvalue weighted by atomic mass is 10.1. The fourth-order valence-electron chi connectivity index (χ4n) is 2.07. The number of amides is 1. The average Bonchev–Trinajstić information content (AvgIpc) is 2.97. The van der Waals surface area contributed by atoms with Crippen LogP contribution in [0.15, 0.2) is 34.7 Å². The van der Waals surface area contributed by atoms with Crippen molar-refractivity contribution in [1.82, 2.24) is 15.5 Å². The van der Waals surface area contributed by atoms with Crippen molar-refractivity contribution in [3.63, 3.8) is 0 Å². The summed E-state index contributed by atoms with van der Waals surface area (Å²) in [6.45, 7) is 2.11. The molecule has 1 atom stereocenters. The van der Waals surface area contributed by atoms with Crippen molar-refractivity contribution < 1.29 is 9.21 Å². The first-order valence-electron chi connectivity index (χ1n) is 7.06. The van der Waals surface area contributed by atoms with Crippen LogP contribution < -0.4 is 11.1 Å². The lowest BCUT2D eigenvalue weighted by molar-refractivity contribution is -0.119. The van der Waals surface area contributed by atoms with Crippen LogP contribution in [0.3, 0.4) is 0 Å². The van der Waals surface area contributed by atoms with Crippen LogP contribution in [0.2, 0.25) is 0 Å². The van der Waals surface area contributed by atoms with E-state index in [1.165, 1.54) is 6.92 Å². The van der Waals surface area contributed by atoms with Gasteiger partial charge < -0.3 is 15.5 Å². The molecule has 0 radical (unpaired) electrons. The quantitative estimate of drug-likeness (QED) is 0.760. The molecular formula is C15H20N4O2. The van der Waals surface area contributed by atoms with E-state index >= 15 is 0 Å². The zero-order chi connectivity index (χ0) is 15.1. The minimum atomic E-state index is -0.265. The maximum Gasteiger partial charge on any atom is 0.247 e. The summed E-state index contributed by atoms with van der Waals surface area (Å²) in [6, 6.07) is 9.28. The van der Waals surface area contributed by atoms with Crippen LogP contribution in [-0.2, 0) is 4.79 Å². The molecule has 112 valence electrons. The summed E-state index contributed by atoms with van der Waals surface area (Å²) in [6.07, 6.45) is 2.52. The van der Waals surface area contributed by atoms with Gasteiger partial charge in [-0.15, -0.1) is 10.2 Å². The lowest BCUT2D eigenvalue weighted by Gasteiger charge is -2.13. The van der Waals surface area contributed by atoms with Crippen LogP contribution >= 0.6 is 0 Å². The minimum absolute atomic E-state index is 0.118. The van der Waals surface area contributed by atoms with Gasteiger partial charge in [-0.1, -0.05) is 18.2 Å². The van der Waals surface area contributed by atoms with E-state index in [-0.39, 0.29) is 11.9 Å². The monoisotopic (exact) mass is 288 g/mol. The van der Waals surface area contributed by atoms with E-state index < -0.39 is 0 Å². The normalized spacial score (nSPS) is 12.1. The summed E-state index contributed by atoms with van der Waals surface area (Å²) in [5, 5.41) is 11.0. The number of aromatic nitrogens is 2. The van der Waals surface area contributed by atoms with Gasteiger partial charge in [-0.25, -0.2) is 0 Å². The number of hydrogen-bond donors (Lipinski definition) is 2. The predicted octanol–water partition coefficient (Wildman–Crippen LogP) is 2.04. The molecule has 1 unspecified atom stereocenters. The fourth-order valence-corrected chi connectivity index (χ4v) is 2.07. The highest BCUT2D eigenvalue weighted by atomic mass is 16.4. The second kappa shape index (κ2) is 7.54. The van der Waals surface area contributed by atoms with Gasteiger partial charge in [0.1, 0.15) is 6.04 Å². The van der Waals surface area contributed by atoms with Crippen molar-refractivity contribution in [2.24, 2.45) is 5.73 Å². The number of carbonyl (C=O) groups is 1. The molecule has 3 N–H and O–H groups in total. The minimum Gasteiger partial charge on any atom is -0.418 e. The molecule has 0 fully saturated rings. The second-order valence-electron chi connectivity index (χ2n) is 4.85. The molecule has 0 aliphatic heterocycles. The zero-order valence-corrected chi connectivity index (χ0v) is 12.1. The molecule has 0 saturated carbocycles. The lowest BCUT2D eigenvalue weighted by Crippen LogP contribution is -2.26. The topological polar surface area (TPSA) is 94.0 Å². The van der Waals surface area contributed by atoms with E-state index in [1.54, 1.807) is 0 Å². The van der Waals surface area contributed by atoms with Crippen LogP contribution in [0.1, 0.15) is 38.1 Å². The number of benzene rings is 1. The van der Waals surface area contributed by atoms with Gasteiger partial charge in [-0.3, -0.25) is 4.79 Å². The van der Waals surface area contributed by atoms with Gasteiger partial charge in [-0.2, -0.15) is 0 Å². The Hall–Kier alpha value is -2.21. The zero-order valence-electron chi connectivity index (χ0n) is 12.1. The fraction of sp³-hybridized carbons (Fsp3) is 0.400. The molecule has 21 heavy (non-hydrogen) atoms. The molecule has 6 heteroatoms. The number of nitrogens with one attached hydrogen (secondary N) is 1. The number of unbranched alkanes of at least 4 members (excludes halogenated alkanes) is 1. The summed E-state index contributed by atoms with van der Waals surface area (Å²) < 4.78 is 5.70. The van der Waals surface area contributed by atoms with Gasteiger partial charge in [0, 0.05) is 12.5 Å². The Kier molecular flexibility index (Phi) is 5.45. The molecular weight excluding hydrogens is 268 g/mol. The van der Waals surface area contributed by atoms with Crippen LogP contribution in [0, 0.1) is 0 Å². The molecule has 1 aromatic heterocycles. The standard InChI is InChI=1S/C15H20N4O2/c1-11(20)17-13(9-5-6-10-16)15-19-18-14(21-15)12-7-3-2-4-8-12/h2-4,7-8,13H,5-6,9-10,16H2,1H3,(H,17,20). The number of hydrogen-bond acceptors (Lipinski definition) is 5. The van der Waals surface area contributed by atoms with Gasteiger partial charge in [0.25, 0.3) is 0 Å². The molecule has 0 spiro atoms. The first kappa shape index (κ1) is 15.2. The Balaban J connectivity index is 2.12. The van der Waals surface area contributed by atoms with Crippen molar-refractivity contribution in [3.05, 3.63) is 36.2 Å². The van der Waals surface area contributed by atoms with Crippen molar-refractivity contribution in [1.29, 1.82) is 0 Å². The van der Waals surface area contributed by atoms with E-state index in [2.05, 4.69) is 15.5 Å². The van der Waals surface area contributed by atoms with E-state index in [1.807, 2.05) is 30.3 Å². The molecule has 6 nitrogen and oxygen atoms in total. The summed E-state index contributed by atoms with van der Waals surface area (Å²) in [7, 11) is 0. The van der Waals surface area contributed by atoms with Crippen molar-refractivity contribution in [2.75, 3.05) is 6.54 Å². The third-order valence-corrected chi connectivity index (χ3v) is 3.08. The second-order valence-corrected chi connectivity index (χ2v) is 4.85. The van der Waals surface area contributed by atoms with Crippen molar-refractivity contribution in [2.45, 2.75) is 32.2 Å². The molecule has 1 heterocycles. The Morgan fingerprint density at radius 1 is 1.29 bits per heavy atom. The number of rotatable bonds is 7. The predicted molar refractivity (Wildman–Crippen MR) is 79.2 cm³/mol. The van der Waals surface area contributed by atoms with Crippen molar-refractivity contribution >= 4 is 5.91 Å². The Morgan fingerprint density at radius 3 is 2.71 bits per heavy atom. The van der Waals surface area contributed by atoms with E-state index in [4.69, 9.17) is 10.2 Å². The maximum atomic E-state index is 11.3. The van der Waals surface area contributed by atoms with Gasteiger partial charge >= 0.3 is 0 Å². The Labute approximate surface area is 123 Å². The third-order valence-electron chi connectivity index (χ3n) is 3.08. The summed E-state index contributed by atoms with van der Waals surface area (Å²) in [4.78, 5) is 11.3. The third kappa shape index (κ3) is 4.39. The Bertz CT molecular complexity index is 568. The van der Waals surface area contributed by atoms with Crippen LogP contribution in [0.4, 0.5) is 0 Å². The van der Waals surface area contributed by atoms with Gasteiger partial charge in [0.05, 0.1) is 0 Å².